The highest BCUT2D eigenvalue weighted by Crippen LogP contribution is 2.22. The zero-order valence-electron chi connectivity index (χ0n) is 15.5. The first kappa shape index (κ1) is 20.0. The standard InChI is InChI=1S/C16H23BrN6O3S/c1-4-14(23-11-13(17)9-19-23)16(24)21-5-7-22(8-6-21)27(25,26)15-10-18-20(3)12(15)2/h9-11,14H,4-8H2,1-3H3. The second kappa shape index (κ2) is 7.72. The van der Waals surface area contributed by atoms with Crippen LogP contribution in [0.1, 0.15) is 25.1 Å². The van der Waals surface area contributed by atoms with Gasteiger partial charge in [-0.15, -0.1) is 0 Å². The molecule has 27 heavy (non-hydrogen) atoms. The Kier molecular flexibility index (Phi) is 5.73. The zero-order valence-corrected chi connectivity index (χ0v) is 17.9. The Morgan fingerprint density at radius 3 is 2.37 bits per heavy atom. The summed E-state index contributed by atoms with van der Waals surface area (Å²) < 4.78 is 31.2. The molecular weight excluding hydrogens is 436 g/mol. The van der Waals surface area contributed by atoms with Gasteiger partial charge in [0.25, 0.3) is 0 Å². The number of hydrogen-bond donors (Lipinski definition) is 0. The molecular formula is C16H23BrN6O3S. The predicted molar refractivity (Wildman–Crippen MR) is 103 cm³/mol. The van der Waals surface area contributed by atoms with Crippen molar-refractivity contribution in [3.8, 4) is 0 Å². The molecule has 1 aliphatic heterocycles. The van der Waals surface area contributed by atoms with Gasteiger partial charge in [-0.1, -0.05) is 6.92 Å². The first-order valence-electron chi connectivity index (χ1n) is 8.73. The maximum Gasteiger partial charge on any atom is 0.247 e. The molecule has 1 unspecified atom stereocenters. The number of hydrogen-bond acceptors (Lipinski definition) is 5. The van der Waals surface area contributed by atoms with Gasteiger partial charge < -0.3 is 4.90 Å². The fourth-order valence-electron chi connectivity index (χ4n) is 3.19. The summed E-state index contributed by atoms with van der Waals surface area (Å²) in [5.74, 6) is -0.0392. The van der Waals surface area contributed by atoms with Crippen LogP contribution in [0.3, 0.4) is 0 Å². The van der Waals surface area contributed by atoms with Crippen LogP contribution in [0.5, 0.6) is 0 Å². The van der Waals surface area contributed by atoms with Crippen molar-refractivity contribution in [2.75, 3.05) is 26.2 Å². The number of sulfonamides is 1. The van der Waals surface area contributed by atoms with Crippen molar-refractivity contribution in [3.05, 3.63) is 28.8 Å². The second-order valence-corrected chi connectivity index (χ2v) is 9.33. The Morgan fingerprint density at radius 1 is 1.22 bits per heavy atom. The minimum atomic E-state index is -3.61. The first-order chi connectivity index (χ1) is 12.8. The number of halogens is 1. The molecule has 1 aliphatic rings. The van der Waals surface area contributed by atoms with Crippen molar-refractivity contribution in [1.82, 2.24) is 28.8 Å². The van der Waals surface area contributed by atoms with Gasteiger partial charge in [0.15, 0.2) is 0 Å². The third kappa shape index (κ3) is 3.81. The predicted octanol–water partition coefficient (Wildman–Crippen LogP) is 1.17. The van der Waals surface area contributed by atoms with Gasteiger partial charge in [-0.3, -0.25) is 14.2 Å². The Morgan fingerprint density at radius 2 is 1.89 bits per heavy atom. The molecule has 0 radical (unpaired) electrons. The van der Waals surface area contributed by atoms with E-state index in [-0.39, 0.29) is 29.9 Å². The molecule has 148 valence electrons. The molecule has 11 heteroatoms. The molecule has 2 aromatic heterocycles. The van der Waals surface area contributed by atoms with E-state index in [1.165, 1.54) is 10.5 Å². The van der Waals surface area contributed by atoms with E-state index in [4.69, 9.17) is 0 Å². The van der Waals surface area contributed by atoms with E-state index in [0.717, 1.165) is 4.47 Å². The normalized spacial score (nSPS) is 17.3. The van der Waals surface area contributed by atoms with Crippen molar-refractivity contribution in [2.45, 2.75) is 31.2 Å². The highest BCUT2D eigenvalue weighted by Gasteiger charge is 2.34. The van der Waals surface area contributed by atoms with E-state index in [9.17, 15) is 13.2 Å². The Balaban J connectivity index is 1.69. The third-order valence-electron chi connectivity index (χ3n) is 4.92. The minimum absolute atomic E-state index is 0.0392. The van der Waals surface area contributed by atoms with E-state index in [2.05, 4.69) is 26.1 Å². The Hall–Kier alpha value is -1.72. The van der Waals surface area contributed by atoms with Crippen LogP contribution in [0.15, 0.2) is 28.0 Å². The number of carbonyl (C=O) groups excluding carboxylic acids is 1. The topological polar surface area (TPSA) is 93.3 Å². The maximum absolute atomic E-state index is 12.9. The van der Waals surface area contributed by atoms with Crippen LogP contribution in [0.25, 0.3) is 0 Å². The maximum atomic E-state index is 12.9. The summed E-state index contributed by atoms with van der Waals surface area (Å²) in [6.45, 7) is 4.91. The van der Waals surface area contributed by atoms with Crippen molar-refractivity contribution >= 4 is 31.9 Å². The summed E-state index contributed by atoms with van der Waals surface area (Å²) in [5, 5.41) is 8.24. The number of aromatic nitrogens is 4. The summed E-state index contributed by atoms with van der Waals surface area (Å²) in [6.07, 6.45) is 5.42. The number of carbonyl (C=O) groups is 1. The molecule has 3 rings (SSSR count). The molecule has 0 aliphatic carbocycles. The molecule has 1 amide bonds. The summed E-state index contributed by atoms with van der Waals surface area (Å²) in [7, 11) is -1.90. The summed E-state index contributed by atoms with van der Waals surface area (Å²) in [6, 6.07) is -0.389. The van der Waals surface area contributed by atoms with Gasteiger partial charge >= 0.3 is 0 Å². The average molecular weight is 459 g/mol. The molecule has 9 nitrogen and oxygen atoms in total. The van der Waals surface area contributed by atoms with Crippen molar-refractivity contribution in [3.63, 3.8) is 0 Å². The van der Waals surface area contributed by atoms with Gasteiger partial charge in [-0.05, 0) is 29.3 Å². The monoisotopic (exact) mass is 458 g/mol. The lowest BCUT2D eigenvalue weighted by molar-refractivity contribution is -0.136. The van der Waals surface area contributed by atoms with E-state index >= 15 is 0 Å². The van der Waals surface area contributed by atoms with E-state index in [1.54, 1.807) is 40.6 Å². The van der Waals surface area contributed by atoms with Crippen LogP contribution in [-0.2, 0) is 21.9 Å². The molecule has 1 atom stereocenters. The van der Waals surface area contributed by atoms with E-state index in [0.29, 0.717) is 25.2 Å². The highest BCUT2D eigenvalue weighted by molar-refractivity contribution is 9.10. The zero-order chi connectivity index (χ0) is 19.8. The van der Waals surface area contributed by atoms with Gasteiger partial charge in [0.2, 0.25) is 15.9 Å². The lowest BCUT2D eigenvalue weighted by Gasteiger charge is -2.35. The first-order valence-corrected chi connectivity index (χ1v) is 11.0. The molecule has 0 saturated carbocycles. The lowest BCUT2D eigenvalue weighted by atomic mass is 10.2. The van der Waals surface area contributed by atoms with Crippen LogP contribution in [0, 0.1) is 6.92 Å². The Labute approximate surface area is 167 Å². The van der Waals surface area contributed by atoms with E-state index < -0.39 is 10.0 Å². The number of rotatable bonds is 5. The summed E-state index contributed by atoms with van der Waals surface area (Å²) >= 11 is 3.35. The smallest absolute Gasteiger partial charge is 0.247 e. The summed E-state index contributed by atoms with van der Waals surface area (Å²) in [4.78, 5) is 14.8. The van der Waals surface area contributed by atoms with Crippen molar-refractivity contribution in [2.24, 2.45) is 7.05 Å². The van der Waals surface area contributed by atoms with Gasteiger partial charge in [0, 0.05) is 39.4 Å². The van der Waals surface area contributed by atoms with Crippen LogP contribution < -0.4 is 0 Å². The number of amides is 1. The fraction of sp³-hybridized carbons (Fsp3) is 0.562. The minimum Gasteiger partial charge on any atom is -0.338 e. The quantitative estimate of drug-likeness (QED) is 0.670. The van der Waals surface area contributed by atoms with Gasteiger partial charge in [-0.25, -0.2) is 8.42 Å². The molecule has 3 heterocycles. The number of aryl methyl sites for hydroxylation is 1. The molecule has 0 bridgehead atoms. The average Bonchev–Trinajstić information content (AvgIpc) is 3.22. The number of piperazine rings is 1. The Bertz CT molecular complexity index is 930. The van der Waals surface area contributed by atoms with Crippen molar-refractivity contribution < 1.29 is 13.2 Å². The third-order valence-corrected chi connectivity index (χ3v) is 7.33. The molecule has 0 N–H and O–H groups in total. The van der Waals surface area contributed by atoms with Crippen LogP contribution in [0.4, 0.5) is 0 Å². The van der Waals surface area contributed by atoms with Crippen molar-refractivity contribution in [1.29, 1.82) is 0 Å². The SMILES string of the molecule is CCC(C(=O)N1CCN(S(=O)(=O)c2cnn(C)c2C)CC1)n1cc(Br)cn1. The highest BCUT2D eigenvalue weighted by atomic mass is 79.9. The number of nitrogens with zero attached hydrogens (tertiary/aromatic N) is 6. The van der Waals surface area contributed by atoms with Crippen LogP contribution >= 0.6 is 15.9 Å². The molecule has 1 fully saturated rings. The van der Waals surface area contributed by atoms with Gasteiger partial charge in [0.1, 0.15) is 10.9 Å². The van der Waals surface area contributed by atoms with E-state index in [1.807, 2.05) is 6.92 Å². The molecule has 2 aromatic rings. The largest absolute Gasteiger partial charge is 0.338 e. The molecule has 0 aromatic carbocycles. The van der Waals surface area contributed by atoms with Gasteiger partial charge in [0.05, 0.1) is 22.6 Å². The lowest BCUT2D eigenvalue weighted by Crippen LogP contribution is -2.52. The van der Waals surface area contributed by atoms with Gasteiger partial charge in [-0.2, -0.15) is 14.5 Å². The second-order valence-electron chi connectivity index (χ2n) is 6.51. The van der Waals surface area contributed by atoms with Crippen LogP contribution in [0.2, 0.25) is 0 Å². The summed E-state index contributed by atoms with van der Waals surface area (Å²) in [5.41, 5.74) is 0.601. The molecule has 0 spiro atoms. The molecule has 1 saturated heterocycles. The van der Waals surface area contributed by atoms with Crippen LogP contribution in [-0.4, -0.2) is 69.3 Å². The fourth-order valence-corrected chi connectivity index (χ4v) is 5.10.